The normalized spacial score (nSPS) is 10.9. The number of carbonyl (C=O) groups is 1. The molecule has 6 heteroatoms. The largest absolute Gasteiger partial charge is 0.468 e. The number of anilines is 1. The van der Waals surface area contributed by atoms with Gasteiger partial charge < -0.3 is 10.5 Å². The number of likely N-dealkylation sites (N-methyl/N-ethyl adjacent to an activating group) is 1. The van der Waals surface area contributed by atoms with Gasteiger partial charge in [0.2, 0.25) is 0 Å². The van der Waals surface area contributed by atoms with Crippen molar-refractivity contribution in [3.8, 4) is 0 Å². The van der Waals surface area contributed by atoms with E-state index in [4.69, 9.17) is 5.73 Å². The van der Waals surface area contributed by atoms with Gasteiger partial charge in [0, 0.05) is 5.39 Å². The Morgan fingerprint density at radius 1 is 1.37 bits per heavy atom. The maximum absolute atomic E-state index is 11.2. The standard InChI is InChI=1S/C13H16N4O2/c1-17(8-12(18)19-2)7-11-15-10-6-4-3-5-9(10)13(14)16-11/h3-6H,7-8H2,1-2H3,(H2,14,15,16). The number of benzene rings is 1. The molecule has 0 fully saturated rings. The Hall–Kier alpha value is -2.21. The van der Waals surface area contributed by atoms with Crippen LogP contribution >= 0.6 is 0 Å². The van der Waals surface area contributed by atoms with Crippen LogP contribution in [-0.2, 0) is 16.1 Å². The summed E-state index contributed by atoms with van der Waals surface area (Å²) in [5.74, 6) is 0.742. The van der Waals surface area contributed by atoms with Crippen molar-refractivity contribution in [1.29, 1.82) is 0 Å². The van der Waals surface area contributed by atoms with E-state index in [1.54, 1.807) is 11.9 Å². The van der Waals surface area contributed by atoms with E-state index in [2.05, 4.69) is 14.7 Å². The molecule has 0 bridgehead atoms. The molecule has 0 amide bonds. The van der Waals surface area contributed by atoms with E-state index in [9.17, 15) is 4.79 Å². The van der Waals surface area contributed by atoms with Crippen LogP contribution in [0, 0.1) is 0 Å². The zero-order valence-corrected chi connectivity index (χ0v) is 11.0. The number of nitrogens with zero attached hydrogens (tertiary/aromatic N) is 3. The third-order valence-electron chi connectivity index (χ3n) is 2.72. The molecule has 1 aromatic carbocycles. The molecule has 2 N–H and O–H groups in total. The zero-order valence-electron chi connectivity index (χ0n) is 11.0. The van der Waals surface area contributed by atoms with Crippen LogP contribution in [0.3, 0.4) is 0 Å². The lowest BCUT2D eigenvalue weighted by atomic mass is 10.2. The van der Waals surface area contributed by atoms with Crippen LogP contribution in [0.4, 0.5) is 5.82 Å². The SMILES string of the molecule is COC(=O)CN(C)Cc1nc(N)c2ccccc2n1. The van der Waals surface area contributed by atoms with Gasteiger partial charge in [0.1, 0.15) is 11.6 Å². The molecule has 0 aliphatic heterocycles. The Bertz CT molecular complexity index is 600. The maximum atomic E-state index is 11.2. The number of esters is 1. The van der Waals surface area contributed by atoms with Crippen LogP contribution in [-0.4, -0.2) is 41.5 Å². The summed E-state index contributed by atoms with van der Waals surface area (Å²) in [5.41, 5.74) is 6.70. The summed E-state index contributed by atoms with van der Waals surface area (Å²) in [5, 5.41) is 0.835. The third kappa shape index (κ3) is 3.17. The highest BCUT2D eigenvalue weighted by atomic mass is 16.5. The average molecular weight is 260 g/mol. The lowest BCUT2D eigenvalue weighted by Gasteiger charge is -2.14. The second kappa shape index (κ2) is 5.62. The second-order valence-electron chi connectivity index (χ2n) is 4.29. The number of aromatic nitrogens is 2. The summed E-state index contributed by atoms with van der Waals surface area (Å²) in [6, 6.07) is 7.56. The highest BCUT2D eigenvalue weighted by molar-refractivity contribution is 5.87. The van der Waals surface area contributed by atoms with Crippen molar-refractivity contribution in [2.45, 2.75) is 6.54 Å². The second-order valence-corrected chi connectivity index (χ2v) is 4.29. The lowest BCUT2D eigenvalue weighted by molar-refractivity contribution is -0.141. The minimum atomic E-state index is -0.295. The van der Waals surface area contributed by atoms with E-state index < -0.39 is 0 Å². The first-order valence-electron chi connectivity index (χ1n) is 5.86. The molecule has 0 unspecified atom stereocenters. The first-order chi connectivity index (χ1) is 9.10. The summed E-state index contributed by atoms with van der Waals surface area (Å²) >= 11 is 0. The first kappa shape index (κ1) is 13.2. The molecule has 19 heavy (non-hydrogen) atoms. The number of hydrogen-bond acceptors (Lipinski definition) is 6. The van der Waals surface area contributed by atoms with E-state index in [1.807, 2.05) is 24.3 Å². The van der Waals surface area contributed by atoms with Crippen molar-refractivity contribution in [1.82, 2.24) is 14.9 Å². The Balaban J connectivity index is 2.19. The summed E-state index contributed by atoms with van der Waals surface area (Å²) in [4.78, 5) is 21.6. The highest BCUT2D eigenvalue weighted by Gasteiger charge is 2.10. The summed E-state index contributed by atoms with van der Waals surface area (Å²) in [7, 11) is 3.16. The minimum Gasteiger partial charge on any atom is -0.468 e. The Labute approximate surface area is 111 Å². The molecule has 0 saturated carbocycles. The Morgan fingerprint density at radius 2 is 2.11 bits per heavy atom. The molecule has 0 aliphatic carbocycles. The molecule has 100 valence electrons. The number of hydrogen-bond donors (Lipinski definition) is 1. The van der Waals surface area contributed by atoms with Gasteiger partial charge in [-0.15, -0.1) is 0 Å². The van der Waals surface area contributed by atoms with E-state index >= 15 is 0 Å². The number of para-hydroxylation sites is 1. The number of rotatable bonds is 4. The van der Waals surface area contributed by atoms with Gasteiger partial charge in [-0.25, -0.2) is 9.97 Å². The number of methoxy groups -OCH3 is 1. The number of nitrogens with two attached hydrogens (primary N) is 1. The van der Waals surface area contributed by atoms with Crippen LogP contribution in [0.2, 0.25) is 0 Å². The molecule has 0 saturated heterocycles. The summed E-state index contributed by atoms with van der Waals surface area (Å²) in [6.45, 7) is 0.622. The van der Waals surface area contributed by atoms with E-state index in [-0.39, 0.29) is 12.5 Å². The molecule has 6 nitrogen and oxygen atoms in total. The van der Waals surface area contributed by atoms with Crippen molar-refractivity contribution in [3.63, 3.8) is 0 Å². The topological polar surface area (TPSA) is 81.3 Å². The van der Waals surface area contributed by atoms with Gasteiger partial charge in [-0.2, -0.15) is 0 Å². The predicted molar refractivity (Wildman–Crippen MR) is 72.3 cm³/mol. The van der Waals surface area contributed by atoms with E-state index in [0.717, 1.165) is 10.9 Å². The van der Waals surface area contributed by atoms with Crippen LogP contribution in [0.15, 0.2) is 24.3 Å². The lowest BCUT2D eigenvalue weighted by Crippen LogP contribution is -2.27. The monoisotopic (exact) mass is 260 g/mol. The molecule has 1 heterocycles. The molecule has 1 aromatic heterocycles. The molecule has 2 rings (SSSR count). The quantitative estimate of drug-likeness (QED) is 0.819. The number of carbonyl (C=O) groups excluding carboxylic acids is 1. The van der Waals surface area contributed by atoms with Gasteiger partial charge in [-0.05, 0) is 19.2 Å². The minimum absolute atomic E-state index is 0.187. The summed E-state index contributed by atoms with van der Waals surface area (Å²) < 4.78 is 4.61. The van der Waals surface area contributed by atoms with Crippen molar-refractivity contribution in [2.24, 2.45) is 0 Å². The predicted octanol–water partition coefficient (Wildman–Crippen LogP) is 0.817. The fraction of sp³-hybridized carbons (Fsp3) is 0.308. The number of nitrogen functional groups attached to an aromatic ring is 1. The number of ether oxygens (including phenoxy) is 1. The van der Waals surface area contributed by atoms with Gasteiger partial charge >= 0.3 is 5.97 Å². The van der Waals surface area contributed by atoms with Gasteiger partial charge in [0.05, 0.1) is 25.7 Å². The number of fused-ring (bicyclic) bond motifs is 1. The van der Waals surface area contributed by atoms with Crippen LogP contribution in [0.25, 0.3) is 10.9 Å². The van der Waals surface area contributed by atoms with Crippen molar-refractivity contribution in [3.05, 3.63) is 30.1 Å². The molecule has 0 atom stereocenters. The van der Waals surface area contributed by atoms with Crippen LogP contribution in [0.5, 0.6) is 0 Å². The van der Waals surface area contributed by atoms with Crippen molar-refractivity contribution >= 4 is 22.7 Å². The highest BCUT2D eigenvalue weighted by Crippen LogP contribution is 2.17. The fourth-order valence-electron chi connectivity index (χ4n) is 1.80. The molecular weight excluding hydrogens is 244 g/mol. The summed E-state index contributed by atoms with van der Waals surface area (Å²) in [6.07, 6.45) is 0. The fourth-order valence-corrected chi connectivity index (χ4v) is 1.80. The first-order valence-corrected chi connectivity index (χ1v) is 5.86. The van der Waals surface area contributed by atoms with E-state index in [1.165, 1.54) is 7.11 Å². The van der Waals surface area contributed by atoms with Gasteiger partial charge in [0.25, 0.3) is 0 Å². The average Bonchev–Trinajstić information content (AvgIpc) is 2.38. The zero-order chi connectivity index (χ0) is 13.8. The molecule has 0 radical (unpaired) electrons. The van der Waals surface area contributed by atoms with Crippen LogP contribution in [0.1, 0.15) is 5.82 Å². The molecule has 0 spiro atoms. The molecule has 2 aromatic rings. The van der Waals surface area contributed by atoms with E-state index in [0.29, 0.717) is 18.2 Å². The Kier molecular flexibility index (Phi) is 3.91. The molecular formula is C13H16N4O2. The molecule has 0 aliphatic rings. The van der Waals surface area contributed by atoms with Crippen LogP contribution < -0.4 is 5.73 Å². The Morgan fingerprint density at radius 3 is 2.84 bits per heavy atom. The maximum Gasteiger partial charge on any atom is 0.319 e. The van der Waals surface area contributed by atoms with Gasteiger partial charge in [0.15, 0.2) is 0 Å². The smallest absolute Gasteiger partial charge is 0.319 e. The van der Waals surface area contributed by atoms with Crippen molar-refractivity contribution in [2.75, 3.05) is 26.4 Å². The third-order valence-corrected chi connectivity index (χ3v) is 2.72. The van der Waals surface area contributed by atoms with Crippen molar-refractivity contribution < 1.29 is 9.53 Å². The van der Waals surface area contributed by atoms with Gasteiger partial charge in [-0.1, -0.05) is 12.1 Å². The van der Waals surface area contributed by atoms with Gasteiger partial charge in [-0.3, -0.25) is 9.69 Å².